The van der Waals surface area contributed by atoms with Gasteiger partial charge in [0.2, 0.25) is 5.88 Å². The van der Waals surface area contributed by atoms with Gasteiger partial charge < -0.3 is 19.1 Å². The van der Waals surface area contributed by atoms with E-state index >= 15 is 0 Å². The first-order valence-electron chi connectivity index (χ1n) is 16.0. The number of halogens is 1. The van der Waals surface area contributed by atoms with Gasteiger partial charge in [-0.25, -0.2) is 13.9 Å². The topological polar surface area (TPSA) is 132 Å². The van der Waals surface area contributed by atoms with Gasteiger partial charge in [0.25, 0.3) is 0 Å². The molecule has 0 atom stereocenters. The van der Waals surface area contributed by atoms with Crippen molar-refractivity contribution in [3.8, 4) is 11.6 Å². The van der Waals surface area contributed by atoms with Crippen molar-refractivity contribution in [3.63, 3.8) is 0 Å². The summed E-state index contributed by atoms with van der Waals surface area (Å²) in [7, 11) is -6.07. The Morgan fingerprint density at radius 1 is 0.920 bits per heavy atom. The van der Waals surface area contributed by atoms with Gasteiger partial charge in [-0.1, -0.05) is 92.4 Å². The summed E-state index contributed by atoms with van der Waals surface area (Å²) in [6.07, 6.45) is 1.37. The third kappa shape index (κ3) is 7.90. The summed E-state index contributed by atoms with van der Waals surface area (Å²) in [5.74, 6) is -0.420. The van der Waals surface area contributed by atoms with Crippen molar-refractivity contribution in [3.05, 3.63) is 132 Å². The monoisotopic (exact) mass is 712 g/mol. The summed E-state index contributed by atoms with van der Waals surface area (Å²) in [5, 5.41) is 12.7. The van der Waals surface area contributed by atoms with E-state index in [1.54, 1.807) is 36.7 Å². The Bertz CT molecular complexity index is 2200. The van der Waals surface area contributed by atoms with Crippen LogP contribution in [0, 0.1) is 5.82 Å². The van der Waals surface area contributed by atoms with Crippen LogP contribution in [0.15, 0.2) is 109 Å². The molecule has 0 saturated carbocycles. The predicted molar refractivity (Wildman–Crippen MR) is 195 cm³/mol. The molecule has 13 heteroatoms. The van der Waals surface area contributed by atoms with E-state index in [0.29, 0.717) is 17.0 Å². The quantitative estimate of drug-likeness (QED) is 0.110. The van der Waals surface area contributed by atoms with Gasteiger partial charge in [-0.15, -0.1) is 0 Å². The first-order chi connectivity index (χ1) is 23.9. The Hall–Kier alpha value is -5.40. The number of aromatic nitrogens is 2. The Morgan fingerprint density at radius 3 is 2.18 bits per heavy atom. The molecule has 2 aromatic heterocycles. The fraction of sp³-hybridized carbons (Fsp3) is 0.189. The normalized spacial score (nSPS) is 11.9. The summed E-state index contributed by atoms with van der Waals surface area (Å²) in [4.78, 5) is 17.2. The van der Waals surface area contributed by atoms with Crippen molar-refractivity contribution in [2.45, 2.75) is 38.3 Å². The van der Waals surface area contributed by atoms with Crippen LogP contribution in [-0.2, 0) is 21.5 Å². The smallest absolute Gasteiger partial charge is 0.422 e. The van der Waals surface area contributed by atoms with Gasteiger partial charge in [0, 0.05) is 31.2 Å². The zero-order chi connectivity index (χ0) is 35.5. The third-order valence-corrected chi connectivity index (χ3v) is 10.7. The molecular formula is C37H37FN4O6SSi. The first kappa shape index (κ1) is 34.5. The van der Waals surface area contributed by atoms with Crippen molar-refractivity contribution in [2.75, 3.05) is 11.3 Å². The highest BCUT2D eigenvalue weighted by atomic mass is 32.2. The number of ether oxygens (including phenoxy) is 2. The summed E-state index contributed by atoms with van der Waals surface area (Å²) >= 11 is 0. The SMILES string of the molecule is C[Si](C)(C)CCOC(=O)NS(=O)(=O)Nc1c2cccnc2c(OC(c2ccccc2)c2ccccc2)c2c(O)n(Cc3ccc(F)cc3)cc12. The Morgan fingerprint density at radius 2 is 1.56 bits per heavy atom. The average molecular weight is 713 g/mol. The number of nitrogens with zero attached hydrogens (tertiary/aromatic N) is 2. The van der Waals surface area contributed by atoms with Crippen LogP contribution in [0.4, 0.5) is 14.9 Å². The minimum Gasteiger partial charge on any atom is -0.494 e. The molecule has 2 heterocycles. The van der Waals surface area contributed by atoms with Crippen molar-refractivity contribution >= 4 is 51.7 Å². The second-order valence-corrected chi connectivity index (χ2v) is 20.1. The molecule has 6 rings (SSSR count). The molecule has 0 bridgehead atoms. The van der Waals surface area contributed by atoms with E-state index in [-0.39, 0.29) is 46.8 Å². The number of pyridine rings is 1. The summed E-state index contributed by atoms with van der Waals surface area (Å²) in [5.41, 5.74) is 2.68. The lowest BCUT2D eigenvalue weighted by Crippen LogP contribution is -2.36. The molecule has 50 heavy (non-hydrogen) atoms. The minimum atomic E-state index is -4.54. The van der Waals surface area contributed by atoms with Gasteiger partial charge in [-0.2, -0.15) is 8.42 Å². The maximum absolute atomic E-state index is 13.7. The second-order valence-electron chi connectivity index (χ2n) is 13.1. The summed E-state index contributed by atoms with van der Waals surface area (Å²) in [6.45, 7) is 6.56. The highest BCUT2D eigenvalue weighted by Crippen LogP contribution is 2.47. The van der Waals surface area contributed by atoms with Gasteiger partial charge in [0.05, 0.1) is 24.2 Å². The Labute approximate surface area is 290 Å². The molecule has 0 aliphatic rings. The molecule has 0 fully saturated rings. The van der Waals surface area contributed by atoms with Gasteiger partial charge >= 0.3 is 16.3 Å². The van der Waals surface area contributed by atoms with E-state index in [0.717, 1.165) is 11.1 Å². The third-order valence-electron chi connectivity index (χ3n) is 8.08. The van der Waals surface area contributed by atoms with Crippen molar-refractivity contribution in [1.82, 2.24) is 14.3 Å². The number of hydrogen-bond acceptors (Lipinski definition) is 7. The van der Waals surface area contributed by atoms with E-state index in [1.165, 1.54) is 16.7 Å². The highest BCUT2D eigenvalue weighted by Gasteiger charge is 2.28. The molecule has 3 N–H and O–H groups in total. The van der Waals surface area contributed by atoms with Crippen LogP contribution < -0.4 is 14.2 Å². The van der Waals surface area contributed by atoms with Gasteiger partial charge in [0.15, 0.2) is 5.75 Å². The van der Waals surface area contributed by atoms with E-state index in [4.69, 9.17) is 9.47 Å². The number of amides is 1. The second kappa shape index (κ2) is 14.2. The lowest BCUT2D eigenvalue weighted by molar-refractivity contribution is 0.158. The Kier molecular flexibility index (Phi) is 9.80. The van der Waals surface area contributed by atoms with Crippen LogP contribution in [0.5, 0.6) is 11.6 Å². The fourth-order valence-corrected chi connectivity index (χ4v) is 7.13. The summed E-state index contributed by atoms with van der Waals surface area (Å²) in [6, 6.07) is 29.0. The van der Waals surface area contributed by atoms with Crippen LogP contribution in [-0.4, -0.2) is 43.8 Å². The number of rotatable bonds is 12. The maximum Gasteiger partial charge on any atom is 0.422 e. The molecule has 0 saturated heterocycles. The molecule has 1 amide bonds. The van der Waals surface area contributed by atoms with E-state index < -0.39 is 36.3 Å². The average Bonchev–Trinajstić information content (AvgIpc) is 3.40. The number of nitrogens with one attached hydrogen (secondary N) is 2. The maximum atomic E-state index is 13.7. The molecular weight excluding hydrogens is 676 g/mol. The van der Waals surface area contributed by atoms with E-state index in [2.05, 4.69) is 29.3 Å². The van der Waals surface area contributed by atoms with E-state index in [9.17, 15) is 22.7 Å². The number of aromatic hydroxyl groups is 1. The standard InChI is InChI=1S/C37H37FN4O6SSi/c1-50(2,3)22-21-47-37(44)41-49(45,46)40-32-29-15-10-20-39-33(29)35(48-34(26-11-6-4-7-12-26)27-13-8-5-9-14-27)31-30(32)24-42(36(31)43)23-25-16-18-28(38)19-17-25/h4-20,24,34,40,43H,21-23H2,1-3H3,(H,41,44). The molecule has 0 aliphatic carbocycles. The van der Waals surface area contributed by atoms with Gasteiger partial charge in [-0.3, -0.25) is 9.71 Å². The number of fused-ring (bicyclic) bond motifs is 2. The van der Waals surface area contributed by atoms with Crippen molar-refractivity contribution in [1.29, 1.82) is 0 Å². The van der Waals surface area contributed by atoms with Crippen LogP contribution in [0.25, 0.3) is 21.7 Å². The van der Waals surface area contributed by atoms with Crippen LogP contribution in [0.3, 0.4) is 0 Å². The predicted octanol–water partition coefficient (Wildman–Crippen LogP) is 7.97. The molecule has 258 valence electrons. The fourth-order valence-electron chi connectivity index (χ4n) is 5.59. The molecule has 10 nitrogen and oxygen atoms in total. The number of carbonyl (C=O) groups is 1. The molecule has 6 aromatic rings. The van der Waals surface area contributed by atoms with Crippen molar-refractivity contribution < 1.29 is 32.2 Å². The summed E-state index contributed by atoms with van der Waals surface area (Å²) < 4.78 is 58.6. The van der Waals surface area contributed by atoms with Crippen LogP contribution >= 0.6 is 0 Å². The van der Waals surface area contributed by atoms with E-state index in [1.807, 2.05) is 65.4 Å². The van der Waals surface area contributed by atoms with Gasteiger partial charge in [-0.05, 0) is 47.0 Å². The number of carbonyl (C=O) groups excluding carboxylic acids is 1. The highest BCUT2D eigenvalue weighted by molar-refractivity contribution is 7.91. The molecule has 0 radical (unpaired) electrons. The lowest BCUT2D eigenvalue weighted by Gasteiger charge is -2.23. The molecule has 0 unspecified atom stereocenters. The van der Waals surface area contributed by atoms with Gasteiger partial charge in [0.1, 0.15) is 17.4 Å². The number of hydrogen-bond donors (Lipinski definition) is 3. The minimum absolute atomic E-state index is 0.0574. The van der Waals surface area contributed by atoms with Crippen LogP contribution in [0.1, 0.15) is 22.8 Å². The number of benzene rings is 4. The lowest BCUT2D eigenvalue weighted by atomic mass is 10.0. The Balaban J connectivity index is 1.50. The zero-order valence-electron chi connectivity index (χ0n) is 27.8. The largest absolute Gasteiger partial charge is 0.494 e. The van der Waals surface area contributed by atoms with Crippen LogP contribution in [0.2, 0.25) is 25.7 Å². The van der Waals surface area contributed by atoms with Crippen molar-refractivity contribution in [2.24, 2.45) is 0 Å². The molecule has 0 spiro atoms. The number of anilines is 1. The molecule has 0 aliphatic heterocycles. The zero-order valence-corrected chi connectivity index (χ0v) is 29.6. The molecule has 4 aromatic carbocycles. The first-order valence-corrected chi connectivity index (χ1v) is 21.2.